The molecule has 0 unspecified atom stereocenters. The lowest BCUT2D eigenvalue weighted by molar-refractivity contribution is -0.740. The maximum atomic E-state index is 2.29. The van der Waals surface area contributed by atoms with E-state index in [1.807, 2.05) is 0 Å². The zero-order valence-corrected chi connectivity index (χ0v) is 15.0. The smallest absolute Gasteiger partial charge is 0.156 e. The van der Waals surface area contributed by atoms with Crippen LogP contribution >= 0.6 is 0 Å². The van der Waals surface area contributed by atoms with Crippen LogP contribution in [0.3, 0.4) is 0 Å². The van der Waals surface area contributed by atoms with Crippen LogP contribution in [-0.2, 0) is 20.5 Å². The van der Waals surface area contributed by atoms with Gasteiger partial charge in [0, 0.05) is 11.1 Å². The van der Waals surface area contributed by atoms with Crippen LogP contribution in [0.1, 0.15) is 31.7 Å². The lowest BCUT2D eigenvalue weighted by atomic mass is 9.97. The van der Waals surface area contributed by atoms with Crippen molar-refractivity contribution in [1.82, 2.24) is 4.68 Å². The van der Waals surface area contributed by atoms with Crippen molar-refractivity contribution in [1.29, 1.82) is 0 Å². The summed E-state index contributed by atoms with van der Waals surface area (Å²) in [6.45, 7) is 2.27. The zero-order chi connectivity index (χ0) is 16.9. The van der Waals surface area contributed by atoms with E-state index in [2.05, 4.69) is 91.0 Å². The molecule has 3 aromatic rings. The van der Waals surface area contributed by atoms with Gasteiger partial charge < -0.3 is 0 Å². The van der Waals surface area contributed by atoms with E-state index in [4.69, 9.17) is 0 Å². The Labute approximate surface area is 145 Å². The van der Waals surface area contributed by atoms with Crippen molar-refractivity contribution in [3.8, 4) is 22.5 Å². The molecule has 2 nitrogen and oxygen atoms in total. The van der Waals surface area contributed by atoms with Crippen LogP contribution in [0, 0.1) is 0 Å². The molecular formula is C22H27N2+. The molecule has 2 aromatic carbocycles. The average molecular weight is 319 g/mol. The van der Waals surface area contributed by atoms with Gasteiger partial charge in [0.1, 0.15) is 5.69 Å². The molecule has 0 saturated heterocycles. The Morgan fingerprint density at radius 2 is 1.42 bits per heavy atom. The SMILES string of the molecule is CCCCCc1c(-c2ccccc2)n(C)[n+](C)c1-c1ccccc1. The molecule has 24 heavy (non-hydrogen) atoms. The van der Waals surface area contributed by atoms with E-state index < -0.39 is 0 Å². The highest BCUT2D eigenvalue weighted by Gasteiger charge is 2.27. The van der Waals surface area contributed by atoms with Crippen LogP contribution in [0.25, 0.3) is 22.5 Å². The second-order valence-electron chi connectivity index (χ2n) is 6.41. The summed E-state index contributed by atoms with van der Waals surface area (Å²) in [6.07, 6.45) is 4.89. The number of unbranched alkanes of at least 4 members (excludes halogenated alkanes) is 2. The van der Waals surface area contributed by atoms with Crippen molar-refractivity contribution in [2.24, 2.45) is 14.1 Å². The van der Waals surface area contributed by atoms with E-state index in [1.165, 1.54) is 47.3 Å². The van der Waals surface area contributed by atoms with Crippen molar-refractivity contribution >= 4 is 0 Å². The maximum Gasteiger partial charge on any atom is 0.242 e. The van der Waals surface area contributed by atoms with Crippen LogP contribution < -0.4 is 4.68 Å². The lowest BCUT2D eigenvalue weighted by Crippen LogP contribution is -2.39. The van der Waals surface area contributed by atoms with E-state index in [1.54, 1.807) is 0 Å². The molecule has 1 heterocycles. The monoisotopic (exact) mass is 319 g/mol. The average Bonchev–Trinajstić information content (AvgIpc) is 2.87. The Morgan fingerprint density at radius 1 is 0.833 bits per heavy atom. The maximum absolute atomic E-state index is 2.29. The molecule has 124 valence electrons. The largest absolute Gasteiger partial charge is 0.242 e. The molecule has 0 spiro atoms. The van der Waals surface area contributed by atoms with Gasteiger partial charge in [0.25, 0.3) is 0 Å². The normalized spacial score (nSPS) is 11.0. The number of rotatable bonds is 6. The number of benzene rings is 2. The highest BCUT2D eigenvalue weighted by Crippen LogP contribution is 2.31. The van der Waals surface area contributed by atoms with Crippen molar-refractivity contribution in [3.05, 3.63) is 66.2 Å². The third-order valence-corrected chi connectivity index (χ3v) is 4.79. The minimum Gasteiger partial charge on any atom is -0.156 e. The third-order valence-electron chi connectivity index (χ3n) is 4.79. The molecule has 0 atom stereocenters. The van der Waals surface area contributed by atoms with Crippen molar-refractivity contribution in [3.63, 3.8) is 0 Å². The van der Waals surface area contributed by atoms with Gasteiger partial charge in [-0.15, -0.1) is 4.68 Å². The second kappa shape index (κ2) is 7.48. The molecule has 3 rings (SSSR count). The predicted molar refractivity (Wildman–Crippen MR) is 101 cm³/mol. The summed E-state index contributed by atoms with van der Waals surface area (Å²) in [5, 5.41) is 0. The molecule has 0 amide bonds. The third kappa shape index (κ3) is 3.14. The quantitative estimate of drug-likeness (QED) is 0.450. The van der Waals surface area contributed by atoms with Crippen LogP contribution in [0.4, 0.5) is 0 Å². The predicted octanol–water partition coefficient (Wildman–Crippen LogP) is 4.92. The first kappa shape index (κ1) is 16.5. The van der Waals surface area contributed by atoms with Crippen molar-refractivity contribution < 1.29 is 4.68 Å². The van der Waals surface area contributed by atoms with Gasteiger partial charge in [0.2, 0.25) is 5.69 Å². The fraction of sp³-hybridized carbons (Fsp3) is 0.318. The Hall–Kier alpha value is -2.35. The molecule has 0 N–H and O–H groups in total. The fourth-order valence-corrected chi connectivity index (χ4v) is 3.51. The fourth-order valence-electron chi connectivity index (χ4n) is 3.51. The summed E-state index contributed by atoms with van der Waals surface area (Å²) in [5.41, 5.74) is 6.74. The summed E-state index contributed by atoms with van der Waals surface area (Å²) < 4.78 is 4.58. The molecule has 0 radical (unpaired) electrons. The summed E-state index contributed by atoms with van der Waals surface area (Å²) in [4.78, 5) is 0. The van der Waals surface area contributed by atoms with Gasteiger partial charge in [-0.3, -0.25) is 0 Å². The van der Waals surface area contributed by atoms with E-state index >= 15 is 0 Å². The van der Waals surface area contributed by atoms with Gasteiger partial charge in [-0.2, -0.15) is 4.68 Å². The molecule has 1 aromatic heterocycles. The minimum absolute atomic E-state index is 1.12. The highest BCUT2D eigenvalue weighted by atomic mass is 15.4. The Bertz CT molecular complexity index is 723. The molecule has 0 saturated carbocycles. The molecule has 0 aliphatic heterocycles. The first-order valence-electron chi connectivity index (χ1n) is 8.92. The minimum atomic E-state index is 1.12. The van der Waals surface area contributed by atoms with Gasteiger partial charge in [-0.25, -0.2) is 0 Å². The van der Waals surface area contributed by atoms with Crippen LogP contribution in [0.2, 0.25) is 0 Å². The van der Waals surface area contributed by atoms with Crippen LogP contribution in [0.5, 0.6) is 0 Å². The summed E-state index contributed by atoms with van der Waals surface area (Å²) in [7, 11) is 4.33. The van der Waals surface area contributed by atoms with Gasteiger partial charge >= 0.3 is 0 Å². The number of hydrogen-bond donors (Lipinski definition) is 0. The second-order valence-corrected chi connectivity index (χ2v) is 6.41. The van der Waals surface area contributed by atoms with E-state index in [0.717, 1.165) is 6.42 Å². The Kier molecular flexibility index (Phi) is 5.14. The van der Waals surface area contributed by atoms with Crippen LogP contribution in [-0.4, -0.2) is 4.68 Å². The highest BCUT2D eigenvalue weighted by molar-refractivity contribution is 5.72. The Balaban J connectivity index is 2.18. The van der Waals surface area contributed by atoms with Crippen LogP contribution in [0.15, 0.2) is 60.7 Å². The van der Waals surface area contributed by atoms with Gasteiger partial charge in [0.05, 0.1) is 12.6 Å². The topological polar surface area (TPSA) is 8.81 Å². The number of nitrogens with zero attached hydrogens (tertiary/aromatic N) is 2. The molecule has 0 aliphatic carbocycles. The standard InChI is InChI=1S/C22H27N2/c1-4-5-8-17-20-21(18-13-9-6-10-14-18)23(2)24(3)22(20)19-15-11-7-12-16-19/h6-7,9-16H,4-5,8,17H2,1-3H3/q+1. The molecule has 2 heteroatoms. The number of hydrogen-bond acceptors (Lipinski definition) is 0. The van der Waals surface area contributed by atoms with Gasteiger partial charge in [-0.05, 0) is 25.0 Å². The lowest BCUT2D eigenvalue weighted by Gasteiger charge is -2.04. The van der Waals surface area contributed by atoms with Crippen molar-refractivity contribution in [2.75, 3.05) is 0 Å². The summed E-state index contributed by atoms with van der Waals surface area (Å²) >= 11 is 0. The zero-order valence-electron chi connectivity index (χ0n) is 15.0. The van der Waals surface area contributed by atoms with E-state index in [-0.39, 0.29) is 0 Å². The summed E-state index contributed by atoms with van der Waals surface area (Å²) in [5.74, 6) is 0. The molecule has 0 fully saturated rings. The molecular weight excluding hydrogens is 292 g/mol. The van der Waals surface area contributed by atoms with Gasteiger partial charge in [0.15, 0.2) is 7.05 Å². The van der Waals surface area contributed by atoms with E-state index in [0.29, 0.717) is 0 Å². The first-order valence-corrected chi connectivity index (χ1v) is 8.92. The molecule has 0 bridgehead atoms. The van der Waals surface area contributed by atoms with Crippen molar-refractivity contribution in [2.45, 2.75) is 32.6 Å². The van der Waals surface area contributed by atoms with E-state index in [9.17, 15) is 0 Å². The summed E-state index contributed by atoms with van der Waals surface area (Å²) in [6, 6.07) is 21.5. The number of aromatic nitrogens is 2. The Morgan fingerprint density at radius 3 is 2.00 bits per heavy atom. The first-order chi connectivity index (χ1) is 11.7. The molecule has 0 aliphatic rings. The van der Waals surface area contributed by atoms with Gasteiger partial charge in [-0.1, -0.05) is 68.3 Å².